The molecule has 44 heavy (non-hydrogen) atoms. The number of nitrogens with zero attached hydrogens (tertiary/aromatic N) is 2. The van der Waals surface area contributed by atoms with Crippen molar-refractivity contribution in [3.63, 3.8) is 0 Å². The van der Waals surface area contributed by atoms with E-state index in [4.69, 9.17) is 11.6 Å². The van der Waals surface area contributed by atoms with Crippen molar-refractivity contribution in [1.82, 2.24) is 10.2 Å². The van der Waals surface area contributed by atoms with Crippen molar-refractivity contribution < 1.29 is 18.0 Å². The predicted molar refractivity (Wildman–Crippen MR) is 179 cm³/mol. The second-order valence-corrected chi connectivity index (χ2v) is 14.6. The number of anilines is 1. The van der Waals surface area contributed by atoms with Gasteiger partial charge in [-0.15, -0.1) is 0 Å². The summed E-state index contributed by atoms with van der Waals surface area (Å²) in [5.74, 6) is -0.877. The van der Waals surface area contributed by atoms with E-state index in [9.17, 15) is 18.0 Å². The molecule has 1 atom stereocenters. The maximum atomic E-state index is 14.5. The van der Waals surface area contributed by atoms with Gasteiger partial charge in [0.05, 0.1) is 10.6 Å². The SMILES string of the molecule is CC(C)(C)NC(=O)[C@@H](Cc1ccccc1)N(Cc1cccc(Br)c1)C(=O)CN(c1ccc(Cl)cc1)S(=O)(=O)c1ccccc1. The number of sulfonamides is 1. The minimum Gasteiger partial charge on any atom is -0.350 e. The predicted octanol–water partition coefficient (Wildman–Crippen LogP) is 6.85. The lowest BCUT2D eigenvalue weighted by Gasteiger charge is -2.35. The maximum absolute atomic E-state index is 14.5. The van der Waals surface area contributed by atoms with Gasteiger partial charge in [-0.1, -0.05) is 88.2 Å². The molecule has 0 aliphatic carbocycles. The van der Waals surface area contributed by atoms with Crippen LogP contribution in [-0.2, 0) is 32.6 Å². The molecule has 4 rings (SSSR count). The van der Waals surface area contributed by atoms with Crippen LogP contribution in [0.15, 0.2) is 119 Å². The molecule has 0 unspecified atom stereocenters. The quantitative estimate of drug-likeness (QED) is 0.186. The fourth-order valence-corrected chi connectivity index (χ4v) is 6.70. The highest BCUT2D eigenvalue weighted by Gasteiger charge is 2.35. The van der Waals surface area contributed by atoms with E-state index >= 15 is 0 Å². The summed E-state index contributed by atoms with van der Waals surface area (Å²) in [7, 11) is -4.17. The molecule has 0 aromatic heterocycles. The molecule has 4 aromatic rings. The van der Waals surface area contributed by atoms with Crippen LogP contribution in [-0.4, -0.2) is 43.3 Å². The minimum atomic E-state index is -4.17. The highest BCUT2D eigenvalue weighted by molar-refractivity contribution is 9.10. The average molecular weight is 697 g/mol. The van der Waals surface area contributed by atoms with Crippen LogP contribution in [0.4, 0.5) is 5.69 Å². The van der Waals surface area contributed by atoms with Gasteiger partial charge in [0, 0.05) is 28.0 Å². The third-order valence-electron chi connectivity index (χ3n) is 6.74. The lowest BCUT2D eigenvalue weighted by Crippen LogP contribution is -2.56. The number of carbonyl (C=O) groups is 2. The fraction of sp³-hybridized carbons (Fsp3) is 0.235. The number of hydrogen-bond donors (Lipinski definition) is 1. The first kappa shape index (κ1) is 33.2. The summed E-state index contributed by atoms with van der Waals surface area (Å²) < 4.78 is 29.9. The van der Waals surface area contributed by atoms with Crippen LogP contribution in [0.2, 0.25) is 5.02 Å². The molecule has 0 spiro atoms. The molecule has 4 aromatic carbocycles. The Kier molecular flexibility index (Phi) is 10.9. The van der Waals surface area contributed by atoms with Gasteiger partial charge in [0.25, 0.3) is 10.0 Å². The summed E-state index contributed by atoms with van der Waals surface area (Å²) in [6.07, 6.45) is 0.231. The summed E-state index contributed by atoms with van der Waals surface area (Å²) in [6.45, 7) is 5.16. The highest BCUT2D eigenvalue weighted by Crippen LogP contribution is 2.27. The van der Waals surface area contributed by atoms with Crippen LogP contribution < -0.4 is 9.62 Å². The van der Waals surface area contributed by atoms with E-state index in [-0.39, 0.29) is 29.5 Å². The Morgan fingerprint density at radius 2 is 1.43 bits per heavy atom. The molecule has 0 saturated carbocycles. The van der Waals surface area contributed by atoms with Gasteiger partial charge in [0.15, 0.2) is 0 Å². The molecule has 0 aliphatic rings. The summed E-state index contributed by atoms with van der Waals surface area (Å²) >= 11 is 9.62. The second-order valence-electron chi connectivity index (χ2n) is 11.4. The van der Waals surface area contributed by atoms with E-state index in [2.05, 4.69) is 21.2 Å². The largest absolute Gasteiger partial charge is 0.350 e. The molecule has 0 aliphatic heterocycles. The summed E-state index contributed by atoms with van der Waals surface area (Å²) in [4.78, 5) is 29.9. The van der Waals surface area contributed by atoms with Gasteiger partial charge in [-0.05, 0) is 80.4 Å². The number of benzene rings is 4. The molecule has 1 N–H and O–H groups in total. The molecule has 230 valence electrons. The fourth-order valence-electron chi connectivity index (χ4n) is 4.69. The summed E-state index contributed by atoms with van der Waals surface area (Å²) in [6, 6.07) is 30.2. The topological polar surface area (TPSA) is 86.8 Å². The van der Waals surface area contributed by atoms with Crippen LogP contribution in [0.1, 0.15) is 31.9 Å². The Balaban J connectivity index is 1.81. The first-order valence-electron chi connectivity index (χ1n) is 14.1. The Bertz CT molecular complexity index is 1680. The molecular formula is C34H35BrClN3O4S. The van der Waals surface area contributed by atoms with Gasteiger partial charge in [0.2, 0.25) is 11.8 Å². The van der Waals surface area contributed by atoms with Crippen molar-refractivity contribution in [1.29, 1.82) is 0 Å². The molecule has 2 amide bonds. The molecule has 0 radical (unpaired) electrons. The van der Waals surface area contributed by atoms with E-state index in [1.54, 1.807) is 42.5 Å². The molecule has 0 heterocycles. The first-order valence-corrected chi connectivity index (χ1v) is 16.7. The Hall–Kier alpha value is -3.66. The Labute approximate surface area is 273 Å². The van der Waals surface area contributed by atoms with Crippen molar-refractivity contribution in [3.05, 3.63) is 130 Å². The van der Waals surface area contributed by atoms with Crippen LogP contribution in [0.5, 0.6) is 0 Å². The van der Waals surface area contributed by atoms with Gasteiger partial charge in [0.1, 0.15) is 12.6 Å². The normalized spacial score (nSPS) is 12.3. The number of amides is 2. The maximum Gasteiger partial charge on any atom is 0.264 e. The van der Waals surface area contributed by atoms with E-state index in [1.165, 1.54) is 17.0 Å². The average Bonchev–Trinajstić information content (AvgIpc) is 2.98. The van der Waals surface area contributed by atoms with E-state index in [1.807, 2.05) is 75.4 Å². The standard InChI is InChI=1S/C34H35BrClN3O4S/c1-34(2,3)37-33(41)31(22-25-11-6-4-7-12-25)38(23-26-13-10-14-27(35)21-26)32(40)24-39(29-19-17-28(36)18-20-29)44(42,43)30-15-8-5-9-16-30/h4-21,31H,22-24H2,1-3H3,(H,37,41)/t31-/m1/s1. The number of halogens is 2. The molecule has 0 bridgehead atoms. The van der Waals surface area contributed by atoms with Crippen LogP contribution in [0.25, 0.3) is 0 Å². The van der Waals surface area contributed by atoms with E-state index < -0.39 is 34.1 Å². The number of hydrogen-bond acceptors (Lipinski definition) is 4. The van der Waals surface area contributed by atoms with Gasteiger partial charge in [-0.25, -0.2) is 8.42 Å². The Morgan fingerprint density at radius 3 is 2.02 bits per heavy atom. The molecule has 0 fully saturated rings. The molecular weight excluding hydrogens is 662 g/mol. The third-order valence-corrected chi connectivity index (χ3v) is 9.27. The van der Waals surface area contributed by atoms with Gasteiger partial charge >= 0.3 is 0 Å². The minimum absolute atomic E-state index is 0.0348. The molecule has 10 heteroatoms. The lowest BCUT2D eigenvalue weighted by molar-refractivity contribution is -0.140. The second kappa shape index (κ2) is 14.4. The lowest BCUT2D eigenvalue weighted by atomic mass is 10.0. The van der Waals surface area contributed by atoms with Crippen molar-refractivity contribution in [3.8, 4) is 0 Å². The van der Waals surface area contributed by atoms with E-state index in [0.717, 1.165) is 19.9 Å². The summed E-state index contributed by atoms with van der Waals surface area (Å²) in [5.41, 5.74) is 1.34. The zero-order chi connectivity index (χ0) is 31.9. The van der Waals surface area contributed by atoms with Crippen molar-refractivity contribution in [2.24, 2.45) is 0 Å². The number of carbonyl (C=O) groups excluding carboxylic acids is 2. The van der Waals surface area contributed by atoms with Crippen molar-refractivity contribution in [2.75, 3.05) is 10.8 Å². The van der Waals surface area contributed by atoms with Crippen molar-refractivity contribution in [2.45, 2.75) is 50.2 Å². The monoisotopic (exact) mass is 695 g/mol. The van der Waals surface area contributed by atoms with Gasteiger partial charge < -0.3 is 10.2 Å². The third kappa shape index (κ3) is 8.94. The zero-order valence-electron chi connectivity index (χ0n) is 24.8. The highest BCUT2D eigenvalue weighted by atomic mass is 79.9. The zero-order valence-corrected chi connectivity index (χ0v) is 27.9. The van der Waals surface area contributed by atoms with Crippen LogP contribution >= 0.6 is 27.5 Å². The van der Waals surface area contributed by atoms with Gasteiger partial charge in [-0.2, -0.15) is 0 Å². The first-order chi connectivity index (χ1) is 20.8. The van der Waals surface area contributed by atoms with Gasteiger partial charge in [-0.3, -0.25) is 13.9 Å². The number of nitrogens with one attached hydrogen (secondary N) is 1. The molecule has 7 nitrogen and oxygen atoms in total. The number of rotatable bonds is 11. The smallest absolute Gasteiger partial charge is 0.264 e. The van der Waals surface area contributed by atoms with Crippen LogP contribution in [0, 0.1) is 0 Å². The molecule has 0 saturated heterocycles. The van der Waals surface area contributed by atoms with Crippen LogP contribution in [0.3, 0.4) is 0 Å². The Morgan fingerprint density at radius 1 is 0.841 bits per heavy atom. The van der Waals surface area contributed by atoms with Crippen molar-refractivity contribution >= 4 is 55.1 Å². The summed E-state index contributed by atoms with van der Waals surface area (Å²) in [5, 5.41) is 3.46. The van der Waals surface area contributed by atoms with E-state index in [0.29, 0.717) is 5.02 Å².